The third-order valence-electron chi connectivity index (χ3n) is 3.24. The van der Waals surface area contributed by atoms with Crippen LogP contribution in [0.4, 0.5) is 0 Å². The van der Waals surface area contributed by atoms with Gasteiger partial charge in [0.25, 0.3) is 5.91 Å². The summed E-state index contributed by atoms with van der Waals surface area (Å²) >= 11 is 5.87. The first-order valence-electron chi connectivity index (χ1n) is 6.50. The Kier molecular flexibility index (Phi) is 3.44. The van der Waals surface area contributed by atoms with Crippen molar-refractivity contribution in [3.05, 3.63) is 46.1 Å². The van der Waals surface area contributed by atoms with Crippen LogP contribution in [-0.4, -0.2) is 16.1 Å². The van der Waals surface area contributed by atoms with E-state index >= 15 is 0 Å². The maximum absolute atomic E-state index is 12.1. The lowest BCUT2D eigenvalue weighted by molar-refractivity contribution is 0.0946. The van der Waals surface area contributed by atoms with E-state index in [9.17, 15) is 4.79 Å². The van der Waals surface area contributed by atoms with Crippen LogP contribution in [0, 0.1) is 6.92 Å². The number of rotatable bonds is 4. The van der Waals surface area contributed by atoms with Crippen molar-refractivity contribution >= 4 is 17.5 Å². The lowest BCUT2D eigenvalue weighted by atomic mass is 10.1. The number of benzene rings is 1. The molecule has 1 aliphatic carbocycles. The van der Waals surface area contributed by atoms with Crippen molar-refractivity contribution in [2.75, 3.05) is 0 Å². The molecule has 1 heterocycles. The number of halogens is 1. The predicted molar refractivity (Wildman–Crippen MR) is 73.6 cm³/mol. The van der Waals surface area contributed by atoms with Crippen molar-refractivity contribution in [2.24, 2.45) is 0 Å². The van der Waals surface area contributed by atoms with Gasteiger partial charge in [-0.15, -0.1) is 10.2 Å². The Morgan fingerprint density at radius 2 is 2.25 bits per heavy atom. The number of amides is 1. The number of hydrogen-bond donors (Lipinski definition) is 1. The topological polar surface area (TPSA) is 68.0 Å². The van der Waals surface area contributed by atoms with E-state index < -0.39 is 0 Å². The fraction of sp³-hybridized carbons (Fsp3) is 0.357. The predicted octanol–water partition coefficient (Wildman–Crippen LogP) is 2.84. The third-order valence-corrected chi connectivity index (χ3v) is 3.48. The van der Waals surface area contributed by atoms with E-state index in [0.717, 1.165) is 18.4 Å². The van der Waals surface area contributed by atoms with Crippen LogP contribution in [0.25, 0.3) is 0 Å². The molecule has 2 aromatic rings. The van der Waals surface area contributed by atoms with Gasteiger partial charge < -0.3 is 9.73 Å². The Bertz CT molecular complexity index is 650. The molecule has 0 unspecified atom stereocenters. The zero-order chi connectivity index (χ0) is 14.1. The number of aromatic nitrogens is 2. The van der Waals surface area contributed by atoms with Crippen LogP contribution >= 0.6 is 11.6 Å². The van der Waals surface area contributed by atoms with Crippen LogP contribution in [-0.2, 0) is 6.54 Å². The molecule has 20 heavy (non-hydrogen) atoms. The highest BCUT2D eigenvalue weighted by Gasteiger charge is 2.29. The third kappa shape index (κ3) is 2.82. The average Bonchev–Trinajstić information content (AvgIpc) is 3.15. The normalized spacial score (nSPS) is 14.3. The molecule has 1 aromatic carbocycles. The quantitative estimate of drug-likeness (QED) is 0.940. The molecule has 1 N–H and O–H groups in total. The summed E-state index contributed by atoms with van der Waals surface area (Å²) < 4.78 is 5.49. The molecule has 5 nitrogen and oxygen atoms in total. The number of nitrogens with zero attached hydrogens (tertiary/aromatic N) is 2. The van der Waals surface area contributed by atoms with Crippen LogP contribution in [0.15, 0.2) is 22.6 Å². The smallest absolute Gasteiger partial charge is 0.251 e. The SMILES string of the molecule is Cc1cc(Cl)ccc1C(=O)NCc1nnc(C2CC2)o1. The summed E-state index contributed by atoms with van der Waals surface area (Å²) in [5.74, 6) is 1.36. The molecule has 0 bridgehead atoms. The Morgan fingerprint density at radius 3 is 2.95 bits per heavy atom. The van der Waals surface area contributed by atoms with E-state index in [2.05, 4.69) is 15.5 Å². The molecular weight excluding hydrogens is 278 g/mol. The highest BCUT2D eigenvalue weighted by molar-refractivity contribution is 6.30. The number of carbonyl (C=O) groups is 1. The zero-order valence-corrected chi connectivity index (χ0v) is 11.8. The molecule has 1 aliphatic rings. The zero-order valence-electron chi connectivity index (χ0n) is 11.0. The molecular formula is C14H14ClN3O2. The second kappa shape index (κ2) is 5.25. The Balaban J connectivity index is 1.63. The monoisotopic (exact) mass is 291 g/mol. The van der Waals surface area contributed by atoms with Crippen LogP contribution < -0.4 is 5.32 Å². The van der Waals surface area contributed by atoms with E-state index in [1.807, 2.05) is 6.92 Å². The number of carbonyl (C=O) groups excluding carboxylic acids is 1. The average molecular weight is 292 g/mol. The van der Waals surface area contributed by atoms with Gasteiger partial charge in [-0.2, -0.15) is 0 Å². The molecule has 0 spiro atoms. The van der Waals surface area contributed by atoms with Crippen molar-refractivity contribution < 1.29 is 9.21 Å². The van der Waals surface area contributed by atoms with Crippen molar-refractivity contribution in [1.29, 1.82) is 0 Å². The molecule has 104 valence electrons. The fourth-order valence-corrected chi connectivity index (χ4v) is 2.19. The van der Waals surface area contributed by atoms with Gasteiger partial charge in [0.1, 0.15) is 0 Å². The van der Waals surface area contributed by atoms with Crippen molar-refractivity contribution in [3.8, 4) is 0 Å². The van der Waals surface area contributed by atoms with Gasteiger partial charge in [-0.25, -0.2) is 0 Å². The summed E-state index contributed by atoms with van der Waals surface area (Å²) in [4.78, 5) is 12.1. The van der Waals surface area contributed by atoms with Crippen LogP contribution in [0.3, 0.4) is 0 Å². The van der Waals surface area contributed by atoms with Gasteiger partial charge in [-0.1, -0.05) is 11.6 Å². The molecule has 1 amide bonds. The first-order chi connectivity index (χ1) is 9.63. The van der Waals surface area contributed by atoms with Gasteiger partial charge in [0.2, 0.25) is 11.8 Å². The molecule has 1 aromatic heterocycles. The van der Waals surface area contributed by atoms with Gasteiger partial charge >= 0.3 is 0 Å². The van der Waals surface area contributed by atoms with E-state index in [1.54, 1.807) is 18.2 Å². The maximum Gasteiger partial charge on any atom is 0.251 e. The summed E-state index contributed by atoms with van der Waals surface area (Å²) in [5, 5.41) is 11.3. The molecule has 1 saturated carbocycles. The number of nitrogens with one attached hydrogen (secondary N) is 1. The van der Waals surface area contributed by atoms with Gasteiger partial charge in [0, 0.05) is 16.5 Å². The van der Waals surface area contributed by atoms with Gasteiger partial charge in [0.05, 0.1) is 6.54 Å². The molecule has 0 radical (unpaired) electrons. The van der Waals surface area contributed by atoms with Crippen molar-refractivity contribution in [3.63, 3.8) is 0 Å². The lowest BCUT2D eigenvalue weighted by Gasteiger charge is -2.06. The van der Waals surface area contributed by atoms with Crippen LogP contribution in [0.1, 0.15) is 46.5 Å². The van der Waals surface area contributed by atoms with E-state index in [1.165, 1.54) is 0 Å². The van der Waals surface area contributed by atoms with Crippen LogP contribution in [0.2, 0.25) is 5.02 Å². The van der Waals surface area contributed by atoms with Crippen molar-refractivity contribution in [1.82, 2.24) is 15.5 Å². The van der Waals surface area contributed by atoms with E-state index in [4.69, 9.17) is 16.0 Å². The second-order valence-corrected chi connectivity index (χ2v) is 5.39. The molecule has 3 rings (SSSR count). The first kappa shape index (κ1) is 13.1. The Hall–Kier alpha value is -1.88. The lowest BCUT2D eigenvalue weighted by Crippen LogP contribution is -2.23. The summed E-state index contributed by atoms with van der Waals surface area (Å²) in [6.45, 7) is 2.08. The number of hydrogen-bond acceptors (Lipinski definition) is 4. The highest BCUT2D eigenvalue weighted by Crippen LogP contribution is 2.38. The van der Waals surface area contributed by atoms with Gasteiger partial charge in [-0.05, 0) is 43.5 Å². The fourth-order valence-electron chi connectivity index (χ4n) is 1.97. The largest absolute Gasteiger partial charge is 0.423 e. The standard InChI is InChI=1S/C14H14ClN3O2/c1-8-6-10(15)4-5-11(8)13(19)16-7-12-17-18-14(20-12)9-2-3-9/h4-6,9H,2-3,7H2,1H3,(H,16,19). The minimum atomic E-state index is -0.176. The van der Waals surface area contributed by atoms with E-state index in [-0.39, 0.29) is 12.5 Å². The van der Waals surface area contributed by atoms with Gasteiger partial charge in [0.15, 0.2) is 0 Å². The Morgan fingerprint density at radius 1 is 1.45 bits per heavy atom. The Labute approximate surface area is 121 Å². The first-order valence-corrected chi connectivity index (χ1v) is 6.88. The van der Waals surface area contributed by atoms with Gasteiger partial charge in [-0.3, -0.25) is 4.79 Å². The summed E-state index contributed by atoms with van der Waals surface area (Å²) in [6, 6.07) is 5.16. The summed E-state index contributed by atoms with van der Waals surface area (Å²) in [7, 11) is 0. The molecule has 6 heteroatoms. The van der Waals surface area contributed by atoms with Crippen LogP contribution in [0.5, 0.6) is 0 Å². The maximum atomic E-state index is 12.1. The second-order valence-electron chi connectivity index (χ2n) is 4.95. The summed E-state index contributed by atoms with van der Waals surface area (Å²) in [5.41, 5.74) is 1.43. The molecule has 1 fully saturated rings. The molecule has 0 aliphatic heterocycles. The minimum Gasteiger partial charge on any atom is -0.423 e. The minimum absolute atomic E-state index is 0.176. The molecule has 0 atom stereocenters. The van der Waals surface area contributed by atoms with E-state index in [0.29, 0.717) is 28.3 Å². The molecule has 0 saturated heterocycles. The highest BCUT2D eigenvalue weighted by atomic mass is 35.5. The van der Waals surface area contributed by atoms with Crippen molar-refractivity contribution in [2.45, 2.75) is 32.2 Å². The summed E-state index contributed by atoms with van der Waals surface area (Å²) in [6.07, 6.45) is 2.22. The number of aryl methyl sites for hydroxylation is 1.